The number of ether oxygens (including phenoxy) is 1. The fourth-order valence-corrected chi connectivity index (χ4v) is 2.75. The lowest BCUT2D eigenvalue weighted by Gasteiger charge is -2.09. The number of hydrogen-bond acceptors (Lipinski definition) is 5. The first kappa shape index (κ1) is 13.6. The third-order valence-electron chi connectivity index (χ3n) is 3.24. The fraction of sp³-hybridized carbons (Fsp3) is 0.125. The summed E-state index contributed by atoms with van der Waals surface area (Å²) in [7, 11) is 0. The van der Waals surface area contributed by atoms with Crippen LogP contribution in [0.25, 0.3) is 11.0 Å². The summed E-state index contributed by atoms with van der Waals surface area (Å²) in [6.07, 6.45) is 0. The zero-order valence-corrected chi connectivity index (χ0v) is 12.3. The highest BCUT2D eigenvalue weighted by Crippen LogP contribution is 2.29. The van der Waals surface area contributed by atoms with Crippen molar-refractivity contribution in [3.8, 4) is 5.75 Å². The number of thiophene rings is 1. The molecule has 3 aromatic rings. The average Bonchev–Trinajstić information content (AvgIpc) is 2.96. The predicted octanol–water partition coefficient (Wildman–Crippen LogP) is 3.69. The number of fused-ring (bicyclic) bond motifs is 1. The Hall–Kier alpha value is -2.40. The third-order valence-corrected chi connectivity index (χ3v) is 4.09. The second kappa shape index (κ2) is 5.18. The van der Waals surface area contributed by atoms with Crippen molar-refractivity contribution >= 4 is 28.3 Å². The summed E-state index contributed by atoms with van der Waals surface area (Å²) in [4.78, 5) is 24.0. The van der Waals surface area contributed by atoms with Gasteiger partial charge in [-0.3, -0.25) is 0 Å². The summed E-state index contributed by atoms with van der Waals surface area (Å²) in [5.74, 6) is -0.0166. The molecular weight excluding hydrogens is 288 g/mol. The maximum atomic E-state index is 12.0. The van der Waals surface area contributed by atoms with Crippen LogP contribution in [-0.2, 0) is 0 Å². The van der Waals surface area contributed by atoms with Crippen LogP contribution in [0.1, 0.15) is 20.8 Å². The standard InChI is InChI=1S/C16H12O4S/c1-9-8-14(17)20-15-10(2)12(6-5-11(9)15)19-16(18)13-4-3-7-21-13/h3-8H,1-2H3. The lowest BCUT2D eigenvalue weighted by atomic mass is 10.1. The molecule has 2 aromatic heterocycles. The van der Waals surface area contributed by atoms with E-state index in [2.05, 4.69) is 0 Å². The van der Waals surface area contributed by atoms with Crippen LogP contribution in [-0.4, -0.2) is 5.97 Å². The van der Waals surface area contributed by atoms with Crippen molar-refractivity contribution in [2.75, 3.05) is 0 Å². The van der Waals surface area contributed by atoms with Crippen LogP contribution >= 0.6 is 11.3 Å². The van der Waals surface area contributed by atoms with Crippen LogP contribution in [0.15, 0.2) is 44.9 Å². The van der Waals surface area contributed by atoms with Gasteiger partial charge < -0.3 is 9.15 Å². The zero-order valence-electron chi connectivity index (χ0n) is 11.5. The van der Waals surface area contributed by atoms with Gasteiger partial charge in [0.1, 0.15) is 16.2 Å². The zero-order chi connectivity index (χ0) is 15.0. The topological polar surface area (TPSA) is 56.5 Å². The van der Waals surface area contributed by atoms with Crippen molar-refractivity contribution in [1.82, 2.24) is 0 Å². The summed E-state index contributed by atoms with van der Waals surface area (Å²) < 4.78 is 10.6. The van der Waals surface area contributed by atoms with Crippen LogP contribution < -0.4 is 10.4 Å². The summed E-state index contributed by atoms with van der Waals surface area (Å²) in [6, 6.07) is 8.44. The molecule has 0 N–H and O–H groups in total. The van der Waals surface area contributed by atoms with Gasteiger partial charge in [0.2, 0.25) is 0 Å². The van der Waals surface area contributed by atoms with Crippen molar-refractivity contribution < 1.29 is 13.9 Å². The minimum Gasteiger partial charge on any atom is -0.422 e. The first-order chi connectivity index (χ1) is 10.1. The Balaban J connectivity index is 2.06. The van der Waals surface area contributed by atoms with E-state index >= 15 is 0 Å². The highest BCUT2D eigenvalue weighted by Gasteiger charge is 2.14. The molecule has 0 aliphatic heterocycles. The van der Waals surface area contributed by atoms with E-state index in [0.717, 1.165) is 10.9 Å². The Morgan fingerprint density at radius 2 is 2.05 bits per heavy atom. The molecule has 4 nitrogen and oxygen atoms in total. The van der Waals surface area contributed by atoms with E-state index in [9.17, 15) is 9.59 Å². The third kappa shape index (κ3) is 2.48. The van der Waals surface area contributed by atoms with Crippen molar-refractivity contribution in [2.24, 2.45) is 0 Å². The Morgan fingerprint density at radius 3 is 2.76 bits per heavy atom. The van der Waals surface area contributed by atoms with Crippen molar-refractivity contribution in [3.05, 3.63) is 62.1 Å². The van der Waals surface area contributed by atoms with Gasteiger partial charge in [0, 0.05) is 17.0 Å². The summed E-state index contributed by atoms with van der Waals surface area (Å²) in [5.41, 5.74) is 1.51. The average molecular weight is 300 g/mol. The summed E-state index contributed by atoms with van der Waals surface area (Å²) >= 11 is 1.32. The van der Waals surface area contributed by atoms with Gasteiger partial charge in [0.25, 0.3) is 0 Å². The van der Waals surface area contributed by atoms with Gasteiger partial charge >= 0.3 is 11.6 Å². The van der Waals surface area contributed by atoms with Gasteiger partial charge in [-0.05, 0) is 43.0 Å². The van der Waals surface area contributed by atoms with Gasteiger partial charge in [-0.25, -0.2) is 9.59 Å². The predicted molar refractivity (Wildman–Crippen MR) is 81.2 cm³/mol. The molecule has 0 bridgehead atoms. The molecule has 3 rings (SSSR count). The maximum Gasteiger partial charge on any atom is 0.353 e. The minimum absolute atomic E-state index is 0.398. The number of carbonyl (C=O) groups is 1. The molecule has 2 heterocycles. The highest BCUT2D eigenvalue weighted by molar-refractivity contribution is 7.12. The Morgan fingerprint density at radius 1 is 1.24 bits per heavy atom. The van der Waals surface area contributed by atoms with Crippen LogP contribution in [0.4, 0.5) is 0 Å². The number of hydrogen-bond donors (Lipinski definition) is 0. The van der Waals surface area contributed by atoms with Gasteiger partial charge in [0.15, 0.2) is 0 Å². The molecule has 0 atom stereocenters. The molecule has 5 heteroatoms. The van der Waals surface area contributed by atoms with E-state index < -0.39 is 11.6 Å². The van der Waals surface area contributed by atoms with Crippen LogP contribution in [0, 0.1) is 13.8 Å². The van der Waals surface area contributed by atoms with E-state index in [0.29, 0.717) is 21.8 Å². The van der Waals surface area contributed by atoms with Crippen LogP contribution in [0.2, 0.25) is 0 Å². The second-order valence-corrected chi connectivity index (χ2v) is 5.63. The monoisotopic (exact) mass is 300 g/mol. The number of esters is 1. The van der Waals surface area contributed by atoms with Crippen molar-refractivity contribution in [2.45, 2.75) is 13.8 Å². The molecule has 0 saturated carbocycles. The van der Waals surface area contributed by atoms with E-state index in [1.54, 1.807) is 31.2 Å². The first-order valence-electron chi connectivity index (χ1n) is 6.36. The number of aryl methyl sites for hydroxylation is 2. The summed E-state index contributed by atoms with van der Waals surface area (Å²) in [5, 5.41) is 2.65. The molecule has 0 spiro atoms. The van der Waals surface area contributed by atoms with E-state index in [4.69, 9.17) is 9.15 Å². The van der Waals surface area contributed by atoms with Crippen molar-refractivity contribution in [1.29, 1.82) is 0 Å². The quantitative estimate of drug-likeness (QED) is 0.411. The molecule has 21 heavy (non-hydrogen) atoms. The van der Waals surface area contributed by atoms with E-state index in [1.165, 1.54) is 17.4 Å². The molecule has 1 aromatic carbocycles. The van der Waals surface area contributed by atoms with Gasteiger partial charge in [-0.2, -0.15) is 0 Å². The molecule has 0 fully saturated rings. The van der Waals surface area contributed by atoms with Gasteiger partial charge in [-0.1, -0.05) is 6.07 Å². The number of benzene rings is 1. The maximum absolute atomic E-state index is 12.0. The minimum atomic E-state index is -0.414. The molecule has 0 saturated heterocycles. The van der Waals surface area contributed by atoms with E-state index in [-0.39, 0.29) is 0 Å². The smallest absolute Gasteiger partial charge is 0.353 e. The molecule has 0 unspecified atom stereocenters. The normalized spacial score (nSPS) is 10.8. The number of rotatable bonds is 2. The molecule has 0 aliphatic carbocycles. The lowest BCUT2D eigenvalue weighted by Crippen LogP contribution is -2.08. The van der Waals surface area contributed by atoms with Crippen molar-refractivity contribution in [3.63, 3.8) is 0 Å². The van der Waals surface area contributed by atoms with E-state index in [1.807, 2.05) is 12.3 Å². The Labute approximate surface area is 124 Å². The SMILES string of the molecule is Cc1cc(=O)oc2c(C)c(OC(=O)c3cccs3)ccc12. The Kier molecular flexibility index (Phi) is 3.35. The second-order valence-electron chi connectivity index (χ2n) is 4.68. The van der Waals surface area contributed by atoms with Gasteiger partial charge in [0.05, 0.1) is 0 Å². The molecule has 0 radical (unpaired) electrons. The highest BCUT2D eigenvalue weighted by atomic mass is 32.1. The molecular formula is C16H12O4S. The molecule has 0 amide bonds. The van der Waals surface area contributed by atoms with Gasteiger partial charge in [-0.15, -0.1) is 11.3 Å². The first-order valence-corrected chi connectivity index (χ1v) is 7.24. The molecule has 0 aliphatic rings. The Bertz CT molecular complexity index is 875. The fourth-order valence-electron chi connectivity index (χ4n) is 2.16. The largest absolute Gasteiger partial charge is 0.422 e. The lowest BCUT2D eigenvalue weighted by molar-refractivity contribution is 0.0739. The van der Waals surface area contributed by atoms with Crippen LogP contribution in [0.3, 0.4) is 0 Å². The van der Waals surface area contributed by atoms with Crippen LogP contribution in [0.5, 0.6) is 5.75 Å². The summed E-state index contributed by atoms with van der Waals surface area (Å²) in [6.45, 7) is 3.61. The molecule has 106 valence electrons. The number of carbonyl (C=O) groups excluding carboxylic acids is 1.